The summed E-state index contributed by atoms with van der Waals surface area (Å²) in [4.78, 5) is 73.8. The third-order valence-corrected chi connectivity index (χ3v) is 4.36. The second-order valence-electron chi connectivity index (χ2n) is 7.35. The molecule has 0 aromatic rings. The van der Waals surface area contributed by atoms with Crippen molar-refractivity contribution in [2.45, 2.75) is 63.2 Å². The first-order chi connectivity index (χ1) is 15.7. The first-order valence-corrected chi connectivity index (χ1v) is 10.2. The highest BCUT2D eigenvalue weighted by atomic mass is 16.4. The van der Waals surface area contributed by atoms with Crippen LogP contribution in [-0.2, 0) is 28.8 Å². The fourth-order valence-corrected chi connectivity index (χ4v) is 2.55. The average molecular weight is 489 g/mol. The van der Waals surface area contributed by atoms with Gasteiger partial charge in [-0.1, -0.05) is 0 Å². The molecular weight excluding hydrogens is 456 g/mol. The van der Waals surface area contributed by atoms with Gasteiger partial charge < -0.3 is 49.1 Å². The monoisotopic (exact) mass is 488 g/mol. The van der Waals surface area contributed by atoms with E-state index in [-0.39, 0.29) is 38.2 Å². The molecule has 0 bridgehead atoms. The van der Waals surface area contributed by atoms with Crippen molar-refractivity contribution in [1.29, 1.82) is 0 Å². The zero-order valence-electron chi connectivity index (χ0n) is 18.7. The molecule has 192 valence electrons. The molecule has 0 heterocycles. The highest BCUT2D eigenvalue weighted by molar-refractivity contribution is 5.94. The highest BCUT2D eigenvalue weighted by Crippen LogP contribution is 2.03. The molecule has 4 atom stereocenters. The Labute approximate surface area is 194 Å². The topological polar surface area (TPSA) is 295 Å². The van der Waals surface area contributed by atoms with Gasteiger partial charge in [0.05, 0.1) is 12.5 Å². The van der Waals surface area contributed by atoms with Crippen molar-refractivity contribution in [2.24, 2.45) is 27.9 Å². The molecule has 4 amide bonds. The summed E-state index contributed by atoms with van der Waals surface area (Å²) in [6, 6.07) is -5.29. The number of rotatable bonds is 16. The summed E-state index contributed by atoms with van der Waals surface area (Å²) < 4.78 is 0. The molecule has 0 spiro atoms. The van der Waals surface area contributed by atoms with Crippen molar-refractivity contribution in [3.63, 3.8) is 0 Å². The van der Waals surface area contributed by atoms with Crippen LogP contribution in [0.3, 0.4) is 0 Å². The van der Waals surface area contributed by atoms with E-state index in [0.29, 0.717) is 0 Å². The first-order valence-electron chi connectivity index (χ1n) is 10.2. The van der Waals surface area contributed by atoms with Crippen LogP contribution in [0, 0.1) is 0 Å². The Kier molecular flexibility index (Phi) is 13.2. The number of carboxylic acids is 2. The number of amides is 4. The third-order valence-electron chi connectivity index (χ3n) is 4.36. The summed E-state index contributed by atoms with van der Waals surface area (Å²) in [5, 5.41) is 24.8. The van der Waals surface area contributed by atoms with Crippen LogP contribution in [0.4, 0.5) is 0 Å². The van der Waals surface area contributed by atoms with Crippen LogP contribution in [0.5, 0.6) is 0 Å². The van der Waals surface area contributed by atoms with Crippen molar-refractivity contribution in [3.05, 3.63) is 0 Å². The van der Waals surface area contributed by atoms with Gasteiger partial charge in [-0.3, -0.25) is 29.0 Å². The van der Waals surface area contributed by atoms with Crippen LogP contribution in [-0.4, -0.2) is 82.5 Å². The minimum atomic E-state index is -1.42. The molecule has 0 fully saturated rings. The number of nitrogens with two attached hydrogens (primary N) is 4. The maximum atomic E-state index is 12.7. The lowest BCUT2D eigenvalue weighted by Crippen LogP contribution is -2.56. The molecule has 0 aromatic heterocycles. The predicted octanol–water partition coefficient (Wildman–Crippen LogP) is -4.33. The molecular formula is C18H32N8O8. The summed E-state index contributed by atoms with van der Waals surface area (Å²) >= 11 is 0. The lowest BCUT2D eigenvalue weighted by molar-refractivity contribution is -0.142. The number of aliphatic carboxylic acids is 2. The molecule has 0 saturated carbocycles. The van der Waals surface area contributed by atoms with Crippen LogP contribution in [0.15, 0.2) is 4.99 Å². The number of nitrogens with zero attached hydrogens (tertiary/aromatic N) is 1. The molecule has 0 aliphatic carbocycles. The van der Waals surface area contributed by atoms with E-state index < -0.39 is 66.2 Å². The van der Waals surface area contributed by atoms with Gasteiger partial charge in [0.2, 0.25) is 23.6 Å². The molecule has 4 unspecified atom stereocenters. The van der Waals surface area contributed by atoms with Gasteiger partial charge in [0.1, 0.15) is 18.1 Å². The smallest absolute Gasteiger partial charge is 0.326 e. The van der Waals surface area contributed by atoms with Gasteiger partial charge in [-0.2, -0.15) is 0 Å². The average Bonchev–Trinajstić information content (AvgIpc) is 2.71. The standard InChI is InChI=1S/C18H32N8O8/c1-8(14(30)26-11(17(33)34)4-5-12(20)27)24-16(32)10(3-2-6-23-18(21)22)25-15(31)9(19)7-13(28)29/h8-11H,2-7,19H2,1H3,(H2,20,27)(H,24,32)(H,25,31)(H,26,30)(H,28,29)(H,33,34)(H4,21,22,23). The normalized spacial score (nSPS) is 13.9. The van der Waals surface area contributed by atoms with E-state index in [4.69, 9.17) is 28.0 Å². The van der Waals surface area contributed by atoms with Crippen LogP contribution >= 0.6 is 0 Å². The Morgan fingerprint density at radius 1 is 0.853 bits per heavy atom. The Morgan fingerprint density at radius 2 is 1.44 bits per heavy atom. The number of guanidine groups is 1. The maximum Gasteiger partial charge on any atom is 0.326 e. The van der Waals surface area contributed by atoms with Crippen molar-refractivity contribution in [1.82, 2.24) is 16.0 Å². The lowest BCUT2D eigenvalue weighted by Gasteiger charge is -2.23. The highest BCUT2D eigenvalue weighted by Gasteiger charge is 2.28. The van der Waals surface area contributed by atoms with Gasteiger partial charge in [0.15, 0.2) is 5.96 Å². The van der Waals surface area contributed by atoms with Gasteiger partial charge in [-0.05, 0) is 26.2 Å². The molecule has 0 rings (SSSR count). The fourth-order valence-electron chi connectivity index (χ4n) is 2.55. The molecule has 0 aliphatic rings. The number of carbonyl (C=O) groups excluding carboxylic acids is 4. The Balaban J connectivity index is 5.21. The van der Waals surface area contributed by atoms with E-state index in [1.54, 1.807) is 0 Å². The van der Waals surface area contributed by atoms with Crippen LogP contribution in [0.25, 0.3) is 0 Å². The molecule has 0 radical (unpaired) electrons. The fraction of sp³-hybridized carbons (Fsp3) is 0.611. The number of nitrogens with one attached hydrogen (secondary N) is 3. The minimum absolute atomic E-state index is 0.0127. The molecule has 16 nitrogen and oxygen atoms in total. The molecule has 34 heavy (non-hydrogen) atoms. The molecule has 0 saturated heterocycles. The van der Waals surface area contributed by atoms with Crippen molar-refractivity contribution in [3.8, 4) is 0 Å². The third kappa shape index (κ3) is 12.8. The molecule has 0 aliphatic heterocycles. The van der Waals surface area contributed by atoms with E-state index >= 15 is 0 Å². The van der Waals surface area contributed by atoms with E-state index in [9.17, 15) is 33.9 Å². The largest absolute Gasteiger partial charge is 0.481 e. The lowest BCUT2D eigenvalue weighted by atomic mass is 10.1. The summed E-state index contributed by atoms with van der Waals surface area (Å²) in [5.74, 6) is -6.22. The summed E-state index contributed by atoms with van der Waals surface area (Å²) in [6.07, 6.45) is -0.951. The molecule has 16 heteroatoms. The van der Waals surface area contributed by atoms with Gasteiger partial charge in [-0.25, -0.2) is 4.79 Å². The number of primary amides is 1. The van der Waals surface area contributed by atoms with E-state index in [2.05, 4.69) is 20.9 Å². The number of hydrogen-bond acceptors (Lipinski definition) is 8. The predicted molar refractivity (Wildman–Crippen MR) is 118 cm³/mol. The summed E-state index contributed by atoms with van der Waals surface area (Å²) in [7, 11) is 0. The molecule has 0 aromatic carbocycles. The van der Waals surface area contributed by atoms with E-state index in [0.717, 1.165) is 0 Å². The number of carbonyl (C=O) groups is 6. The number of hydrogen-bond donors (Lipinski definition) is 9. The second kappa shape index (κ2) is 15.0. The van der Waals surface area contributed by atoms with Gasteiger partial charge >= 0.3 is 11.9 Å². The summed E-state index contributed by atoms with van der Waals surface area (Å²) in [5.41, 5.74) is 21.0. The van der Waals surface area contributed by atoms with Crippen LogP contribution in [0.1, 0.15) is 39.0 Å². The minimum Gasteiger partial charge on any atom is -0.481 e. The van der Waals surface area contributed by atoms with Crippen LogP contribution in [0.2, 0.25) is 0 Å². The van der Waals surface area contributed by atoms with Crippen LogP contribution < -0.4 is 38.9 Å². The Morgan fingerprint density at radius 3 is 1.94 bits per heavy atom. The number of aliphatic imine (C=N–C) groups is 1. The van der Waals surface area contributed by atoms with Gasteiger partial charge in [-0.15, -0.1) is 0 Å². The van der Waals surface area contributed by atoms with Crippen molar-refractivity contribution in [2.75, 3.05) is 6.54 Å². The van der Waals surface area contributed by atoms with Gasteiger partial charge in [0.25, 0.3) is 0 Å². The summed E-state index contributed by atoms with van der Waals surface area (Å²) in [6.45, 7) is 1.40. The maximum absolute atomic E-state index is 12.7. The SMILES string of the molecule is CC(NC(=O)C(CCCN=C(N)N)NC(=O)C(N)CC(=O)O)C(=O)NC(CCC(N)=O)C(=O)O. The van der Waals surface area contributed by atoms with E-state index in [1.807, 2.05) is 0 Å². The van der Waals surface area contributed by atoms with Gasteiger partial charge in [0, 0.05) is 13.0 Å². The van der Waals surface area contributed by atoms with E-state index in [1.165, 1.54) is 6.92 Å². The zero-order valence-corrected chi connectivity index (χ0v) is 18.7. The van der Waals surface area contributed by atoms with Crippen molar-refractivity contribution >= 4 is 41.5 Å². The molecule has 13 N–H and O–H groups in total. The Bertz CT molecular complexity index is 799. The quantitative estimate of drug-likeness (QED) is 0.0568. The first kappa shape index (κ1) is 30.1. The number of carboxylic acid groups (broad SMARTS) is 2. The Hall–Kier alpha value is -3.95. The second-order valence-corrected chi connectivity index (χ2v) is 7.35. The van der Waals surface area contributed by atoms with Crippen molar-refractivity contribution < 1.29 is 39.0 Å². The zero-order chi connectivity index (χ0) is 26.4.